The van der Waals surface area contributed by atoms with Crippen molar-refractivity contribution in [3.05, 3.63) is 71.7 Å². The van der Waals surface area contributed by atoms with Crippen molar-refractivity contribution in [2.24, 2.45) is 0 Å². The van der Waals surface area contributed by atoms with Gasteiger partial charge < -0.3 is 19.3 Å². The quantitative estimate of drug-likeness (QED) is 0.279. The number of rotatable bonds is 14. The van der Waals surface area contributed by atoms with E-state index in [0.29, 0.717) is 44.3 Å². The maximum absolute atomic E-state index is 13.5. The molecule has 3 rings (SSSR count). The Balaban J connectivity index is 1.96. The number of aliphatic hydroxyl groups is 1. The second kappa shape index (κ2) is 13.6. The minimum atomic E-state index is -0.726. The molecule has 0 saturated carbocycles. The summed E-state index contributed by atoms with van der Waals surface area (Å²) in [7, 11) is 1.64. The fourth-order valence-corrected chi connectivity index (χ4v) is 3.67. The molecule has 0 fully saturated rings. The monoisotopic (exact) mass is 481 g/mol. The lowest BCUT2D eigenvalue weighted by atomic mass is 10.1. The fourth-order valence-electron chi connectivity index (χ4n) is 3.67. The molecule has 1 heterocycles. The summed E-state index contributed by atoms with van der Waals surface area (Å²) in [5, 5.41) is 15.3. The van der Waals surface area contributed by atoms with E-state index in [4.69, 9.17) is 25.7 Å². The maximum atomic E-state index is 13.5. The molecule has 1 atom stereocenters. The third-order valence-electron chi connectivity index (χ3n) is 5.34. The lowest BCUT2D eigenvalue weighted by Crippen LogP contribution is -2.36. The average Bonchev–Trinajstić information content (AvgIpc) is 3.21. The van der Waals surface area contributed by atoms with E-state index < -0.39 is 6.10 Å². The normalized spacial score (nSPS) is 12.0. The topological polar surface area (TPSA) is 69.0 Å². The third-order valence-corrected chi connectivity index (χ3v) is 5.34. The van der Waals surface area contributed by atoms with Gasteiger partial charge in [-0.05, 0) is 42.8 Å². The number of para-hydroxylation sites is 1. The van der Waals surface area contributed by atoms with Crippen LogP contribution in [0.5, 0.6) is 11.6 Å². The number of aromatic nitrogens is 2. The molecule has 0 aliphatic heterocycles. The Morgan fingerprint density at radius 2 is 1.91 bits per heavy atom. The largest absolute Gasteiger partial charge is 0.439 e. The van der Waals surface area contributed by atoms with E-state index in [1.807, 2.05) is 37.3 Å². The van der Waals surface area contributed by atoms with Crippen LogP contribution in [0.25, 0.3) is 5.69 Å². The van der Waals surface area contributed by atoms with E-state index >= 15 is 0 Å². The van der Waals surface area contributed by atoms with Crippen LogP contribution >= 0.6 is 0 Å². The van der Waals surface area contributed by atoms with Gasteiger partial charge in [-0.3, -0.25) is 4.90 Å². The Bertz CT molecular complexity index is 1080. The summed E-state index contributed by atoms with van der Waals surface area (Å²) in [6, 6.07) is 15.6. The summed E-state index contributed by atoms with van der Waals surface area (Å²) in [5.41, 5.74) is 2.59. The van der Waals surface area contributed by atoms with Gasteiger partial charge in [0.2, 0.25) is 5.88 Å². The van der Waals surface area contributed by atoms with E-state index in [-0.39, 0.29) is 19.0 Å². The summed E-state index contributed by atoms with van der Waals surface area (Å²) in [5.74, 6) is 3.10. The molecule has 1 N–H and O–H groups in total. The van der Waals surface area contributed by atoms with Crippen LogP contribution in [-0.4, -0.2) is 65.9 Å². The summed E-state index contributed by atoms with van der Waals surface area (Å²) >= 11 is 0. The highest BCUT2D eigenvalue weighted by molar-refractivity contribution is 5.43. The molecule has 8 heteroatoms. The highest BCUT2D eigenvalue weighted by Crippen LogP contribution is 2.32. The molecule has 35 heavy (non-hydrogen) atoms. The zero-order valence-corrected chi connectivity index (χ0v) is 20.2. The Labute approximate surface area is 206 Å². The van der Waals surface area contributed by atoms with E-state index in [2.05, 4.69) is 10.8 Å². The number of aliphatic hydroxyl groups excluding tert-OH is 1. The summed E-state index contributed by atoms with van der Waals surface area (Å²) in [6.45, 7) is 4.19. The highest BCUT2D eigenvalue weighted by atomic mass is 19.1. The lowest BCUT2D eigenvalue weighted by Gasteiger charge is -2.25. The molecule has 7 nitrogen and oxygen atoms in total. The summed E-state index contributed by atoms with van der Waals surface area (Å²) in [4.78, 5) is 2.07. The van der Waals surface area contributed by atoms with Crippen molar-refractivity contribution < 1.29 is 23.7 Å². The maximum Gasteiger partial charge on any atom is 0.227 e. The van der Waals surface area contributed by atoms with Gasteiger partial charge in [0.15, 0.2) is 0 Å². The standard InChI is InChI=1S/C27H32FN3O4/c1-4-16-34-20-23(32)18-30(15-17-33-3)19-25-26(5-2)29-31(22-9-7-6-8-10-22)27(25)35-24-13-11-21(28)12-14-24/h1,6-14,23,32H,5,15-20H2,2-3H3. The minimum absolute atomic E-state index is 0.135. The van der Waals surface area contributed by atoms with Crippen molar-refractivity contribution in [2.75, 3.05) is 40.0 Å². The van der Waals surface area contributed by atoms with Crippen molar-refractivity contribution in [1.82, 2.24) is 14.7 Å². The molecule has 0 radical (unpaired) electrons. The number of hydrogen-bond donors (Lipinski definition) is 1. The number of aryl methyl sites for hydroxylation is 1. The van der Waals surface area contributed by atoms with Gasteiger partial charge >= 0.3 is 0 Å². The van der Waals surface area contributed by atoms with E-state index in [1.165, 1.54) is 12.1 Å². The molecule has 0 saturated heterocycles. The van der Waals surface area contributed by atoms with Crippen LogP contribution in [0.2, 0.25) is 0 Å². The smallest absolute Gasteiger partial charge is 0.227 e. The summed E-state index contributed by atoms with van der Waals surface area (Å²) < 4.78 is 32.1. The second-order valence-electron chi connectivity index (χ2n) is 7.99. The molecular formula is C27H32FN3O4. The van der Waals surface area contributed by atoms with Crippen LogP contribution in [0.3, 0.4) is 0 Å². The Kier molecular flexibility index (Phi) is 10.3. The molecule has 2 aromatic carbocycles. The van der Waals surface area contributed by atoms with Crippen LogP contribution in [0, 0.1) is 18.2 Å². The number of halogens is 1. The van der Waals surface area contributed by atoms with Gasteiger partial charge in [0.25, 0.3) is 0 Å². The number of ether oxygens (including phenoxy) is 3. The molecule has 186 valence electrons. The van der Waals surface area contributed by atoms with Gasteiger partial charge in [-0.1, -0.05) is 31.0 Å². The number of nitrogens with zero attached hydrogens (tertiary/aromatic N) is 3. The SMILES string of the molecule is C#CCOCC(O)CN(CCOC)Cc1c(CC)nn(-c2ccccc2)c1Oc1ccc(F)cc1. The molecule has 0 aliphatic rings. The van der Waals surface area contributed by atoms with Gasteiger partial charge in [-0.2, -0.15) is 5.10 Å². The van der Waals surface area contributed by atoms with Crippen LogP contribution in [0.15, 0.2) is 54.6 Å². The van der Waals surface area contributed by atoms with E-state index in [0.717, 1.165) is 16.9 Å². The van der Waals surface area contributed by atoms with Gasteiger partial charge in [0, 0.05) is 26.7 Å². The first kappa shape index (κ1) is 26.4. The molecule has 0 bridgehead atoms. The molecule has 1 aromatic heterocycles. The molecule has 0 amide bonds. The zero-order valence-electron chi connectivity index (χ0n) is 20.2. The first-order valence-electron chi connectivity index (χ1n) is 11.6. The van der Waals surface area contributed by atoms with Crippen molar-refractivity contribution in [3.8, 4) is 29.7 Å². The van der Waals surface area contributed by atoms with Crippen molar-refractivity contribution in [2.45, 2.75) is 26.0 Å². The Morgan fingerprint density at radius 1 is 1.17 bits per heavy atom. The predicted octanol–water partition coefficient (Wildman–Crippen LogP) is 3.83. The second-order valence-corrected chi connectivity index (χ2v) is 7.99. The Hall–Kier alpha value is -3.22. The van der Waals surface area contributed by atoms with Crippen LogP contribution in [0.4, 0.5) is 4.39 Å². The van der Waals surface area contributed by atoms with Crippen molar-refractivity contribution in [1.29, 1.82) is 0 Å². The van der Waals surface area contributed by atoms with E-state index in [9.17, 15) is 9.50 Å². The molecule has 0 aliphatic carbocycles. The lowest BCUT2D eigenvalue weighted by molar-refractivity contribution is 0.0205. The Morgan fingerprint density at radius 3 is 2.57 bits per heavy atom. The molecule has 0 spiro atoms. The molecule has 3 aromatic rings. The average molecular weight is 482 g/mol. The third kappa shape index (κ3) is 7.64. The predicted molar refractivity (Wildman–Crippen MR) is 132 cm³/mol. The number of methoxy groups -OCH3 is 1. The van der Waals surface area contributed by atoms with Gasteiger partial charge in [0.05, 0.1) is 36.3 Å². The first-order chi connectivity index (χ1) is 17.0. The van der Waals surface area contributed by atoms with E-state index in [1.54, 1.807) is 23.9 Å². The van der Waals surface area contributed by atoms with Gasteiger partial charge in [0.1, 0.15) is 18.2 Å². The zero-order chi connectivity index (χ0) is 25.0. The summed E-state index contributed by atoms with van der Waals surface area (Å²) in [6.07, 6.45) is 5.18. The van der Waals surface area contributed by atoms with Crippen molar-refractivity contribution in [3.63, 3.8) is 0 Å². The number of benzene rings is 2. The first-order valence-corrected chi connectivity index (χ1v) is 11.6. The van der Waals surface area contributed by atoms with Crippen LogP contribution in [-0.2, 0) is 22.4 Å². The fraction of sp³-hybridized carbons (Fsp3) is 0.370. The van der Waals surface area contributed by atoms with Crippen LogP contribution in [0.1, 0.15) is 18.2 Å². The highest BCUT2D eigenvalue weighted by Gasteiger charge is 2.23. The molecule has 1 unspecified atom stereocenters. The van der Waals surface area contributed by atoms with Crippen molar-refractivity contribution >= 4 is 0 Å². The number of hydrogen-bond acceptors (Lipinski definition) is 6. The van der Waals surface area contributed by atoms with Crippen LogP contribution < -0.4 is 4.74 Å². The minimum Gasteiger partial charge on any atom is -0.439 e. The van der Waals surface area contributed by atoms with Gasteiger partial charge in [-0.15, -0.1) is 6.42 Å². The number of terminal acetylenes is 1. The van der Waals surface area contributed by atoms with Gasteiger partial charge in [-0.25, -0.2) is 9.07 Å². The molecular weight excluding hydrogens is 449 g/mol.